The Morgan fingerprint density at radius 1 is 0.528 bits per heavy atom. The van der Waals surface area contributed by atoms with Crippen molar-refractivity contribution in [3.8, 4) is 11.1 Å². The highest BCUT2D eigenvalue weighted by atomic mass is 15.2. The topological polar surface area (TPSA) is 9.72 Å². The molecule has 0 atom stereocenters. The van der Waals surface area contributed by atoms with E-state index in [0.29, 0.717) is 0 Å². The average Bonchev–Trinajstić information content (AvgIpc) is 3.36. The van der Waals surface area contributed by atoms with Gasteiger partial charge in [-0.3, -0.25) is 0 Å². The molecule has 2 heterocycles. The normalized spacial score (nSPS) is 15.0. The van der Waals surface area contributed by atoms with Gasteiger partial charge in [0.05, 0.1) is 17.1 Å². The van der Waals surface area contributed by atoms with Crippen LogP contribution < -0.4 is 31.1 Å². The molecule has 0 spiro atoms. The standard InChI is InChI=1S/C68H68BN3/c1-14-47-32-35-57(62(52(47)15-2)48-28-18-16-19-29-48)70(50-30-20-17-21-31-50)51-33-34-55-58(40-51)71(64-43(3)24-22-25-44(64)4)60-38-49(66(7,8)9)39-61-63(60)69(55)56-41-53-54(68(12,13)37-36-67(53,10)11)42-59(56)72(61)65-45(5)26-23-27-46(65)6/h14-35,38-42H,1-2,36-37H2,3-13H3. The smallest absolute Gasteiger partial charge is 0.252 e. The van der Waals surface area contributed by atoms with E-state index in [0.717, 1.165) is 52.2 Å². The molecule has 11 rings (SSSR count). The lowest BCUT2D eigenvalue weighted by Gasteiger charge is -2.48. The van der Waals surface area contributed by atoms with E-state index < -0.39 is 0 Å². The van der Waals surface area contributed by atoms with Crippen molar-refractivity contribution >= 4 is 86.4 Å². The fourth-order valence-electron chi connectivity index (χ4n) is 12.5. The van der Waals surface area contributed by atoms with Gasteiger partial charge in [0.15, 0.2) is 0 Å². The minimum Gasteiger partial charge on any atom is -0.311 e. The second-order valence-electron chi connectivity index (χ2n) is 23.1. The molecule has 0 bridgehead atoms. The van der Waals surface area contributed by atoms with Crippen LogP contribution in [0.5, 0.6) is 0 Å². The van der Waals surface area contributed by atoms with Gasteiger partial charge in [-0.25, -0.2) is 0 Å². The minimum atomic E-state index is -0.150. The monoisotopic (exact) mass is 938 g/mol. The van der Waals surface area contributed by atoms with E-state index >= 15 is 0 Å². The lowest BCUT2D eigenvalue weighted by Crippen LogP contribution is -2.62. The summed E-state index contributed by atoms with van der Waals surface area (Å²) in [6.45, 7) is 34.7. The number of para-hydroxylation sites is 3. The molecule has 1 aliphatic carbocycles. The Labute approximate surface area is 430 Å². The molecule has 3 aliphatic rings. The van der Waals surface area contributed by atoms with Crippen molar-refractivity contribution in [1.82, 2.24) is 0 Å². The Morgan fingerprint density at radius 2 is 1.06 bits per heavy atom. The van der Waals surface area contributed by atoms with E-state index in [-0.39, 0.29) is 23.0 Å². The van der Waals surface area contributed by atoms with Crippen molar-refractivity contribution in [2.45, 2.75) is 105 Å². The summed E-state index contributed by atoms with van der Waals surface area (Å²) in [7, 11) is 0. The number of anilines is 9. The van der Waals surface area contributed by atoms with Gasteiger partial charge in [-0.2, -0.15) is 0 Å². The molecular formula is C68H68BN3. The first-order valence-corrected chi connectivity index (χ1v) is 26.0. The van der Waals surface area contributed by atoms with Crippen LogP contribution in [0.25, 0.3) is 23.3 Å². The summed E-state index contributed by atoms with van der Waals surface area (Å²) in [6, 6.07) is 57.4. The predicted molar refractivity (Wildman–Crippen MR) is 314 cm³/mol. The Hall–Kier alpha value is -7.30. The van der Waals surface area contributed by atoms with Gasteiger partial charge in [-0.1, -0.05) is 177 Å². The summed E-state index contributed by atoms with van der Waals surface area (Å²) >= 11 is 0. The molecule has 8 aromatic carbocycles. The van der Waals surface area contributed by atoms with Crippen LogP contribution in [0.3, 0.4) is 0 Å². The third kappa shape index (κ3) is 7.39. The van der Waals surface area contributed by atoms with E-state index in [1.807, 2.05) is 12.2 Å². The zero-order chi connectivity index (χ0) is 50.6. The quantitative estimate of drug-likeness (QED) is 0.141. The van der Waals surface area contributed by atoms with Crippen molar-refractivity contribution in [2.75, 3.05) is 14.7 Å². The zero-order valence-corrected chi connectivity index (χ0v) is 44.3. The molecule has 4 heteroatoms. The molecule has 72 heavy (non-hydrogen) atoms. The van der Waals surface area contributed by atoms with Gasteiger partial charge in [0.25, 0.3) is 6.71 Å². The van der Waals surface area contributed by atoms with Crippen LogP contribution in [-0.4, -0.2) is 6.71 Å². The number of hydrogen-bond acceptors (Lipinski definition) is 3. The fraction of sp³-hybridized carbons (Fsp3) is 0.235. The first-order chi connectivity index (χ1) is 34.4. The summed E-state index contributed by atoms with van der Waals surface area (Å²) in [6.07, 6.45) is 6.24. The maximum atomic E-state index is 4.38. The average molecular weight is 938 g/mol. The number of nitrogens with zero attached hydrogens (tertiary/aromatic N) is 3. The van der Waals surface area contributed by atoms with E-state index in [1.165, 1.54) is 89.5 Å². The van der Waals surface area contributed by atoms with E-state index in [4.69, 9.17) is 0 Å². The van der Waals surface area contributed by atoms with Crippen LogP contribution in [0, 0.1) is 27.7 Å². The molecule has 3 nitrogen and oxygen atoms in total. The summed E-state index contributed by atoms with van der Waals surface area (Å²) in [5, 5.41) is 0. The van der Waals surface area contributed by atoms with Crippen LogP contribution in [0.4, 0.5) is 51.2 Å². The summed E-state index contributed by atoms with van der Waals surface area (Å²) in [4.78, 5) is 7.78. The number of benzene rings is 8. The maximum absolute atomic E-state index is 4.38. The highest BCUT2D eigenvalue weighted by Gasteiger charge is 2.48. The number of aryl methyl sites for hydroxylation is 4. The SMILES string of the molecule is C=Cc1ccc(N(c2ccccc2)c2ccc3c(c2)N(c2c(C)cccc2C)c2cc(C(C)(C)C)cc4c2B3c2cc3c(cc2N4c2c(C)cccc2C)C(C)(C)CCC3(C)C)c(-c2ccccc2)c1C=C. The van der Waals surface area contributed by atoms with Gasteiger partial charge in [-0.05, 0) is 177 Å². The van der Waals surface area contributed by atoms with E-state index in [1.54, 1.807) is 0 Å². The third-order valence-corrected chi connectivity index (χ3v) is 16.5. The van der Waals surface area contributed by atoms with E-state index in [2.05, 4.69) is 256 Å². The second-order valence-corrected chi connectivity index (χ2v) is 23.1. The van der Waals surface area contributed by atoms with Crippen LogP contribution in [0.2, 0.25) is 0 Å². The predicted octanol–water partition coefficient (Wildman–Crippen LogP) is 17.1. The summed E-state index contributed by atoms with van der Waals surface area (Å²) in [5.41, 5.74) is 28.3. The number of hydrogen-bond donors (Lipinski definition) is 0. The highest BCUT2D eigenvalue weighted by molar-refractivity contribution is 7.00. The molecule has 358 valence electrons. The largest absolute Gasteiger partial charge is 0.311 e. The molecule has 0 saturated heterocycles. The minimum absolute atomic E-state index is 0.0201. The lowest BCUT2D eigenvalue weighted by molar-refractivity contribution is 0.332. The molecule has 0 N–H and O–H groups in total. The fourth-order valence-corrected chi connectivity index (χ4v) is 12.5. The zero-order valence-electron chi connectivity index (χ0n) is 44.3. The molecule has 0 saturated carbocycles. The molecule has 0 radical (unpaired) electrons. The molecule has 0 fully saturated rings. The molecule has 0 aromatic heterocycles. The molecule has 0 unspecified atom stereocenters. The van der Waals surface area contributed by atoms with Gasteiger partial charge < -0.3 is 14.7 Å². The first kappa shape index (κ1) is 47.1. The Bertz CT molecular complexity index is 3460. The number of fused-ring (bicyclic) bond motifs is 5. The second kappa shape index (κ2) is 17.2. The van der Waals surface area contributed by atoms with Gasteiger partial charge in [0.1, 0.15) is 0 Å². The van der Waals surface area contributed by atoms with Crippen molar-refractivity contribution in [3.63, 3.8) is 0 Å². The Kier molecular flexibility index (Phi) is 11.2. The van der Waals surface area contributed by atoms with Gasteiger partial charge in [0.2, 0.25) is 0 Å². The van der Waals surface area contributed by atoms with Crippen molar-refractivity contribution in [3.05, 3.63) is 215 Å². The molecule has 0 amide bonds. The van der Waals surface area contributed by atoms with Gasteiger partial charge >= 0.3 is 0 Å². The van der Waals surface area contributed by atoms with Crippen LogP contribution >= 0.6 is 0 Å². The van der Waals surface area contributed by atoms with Crippen LogP contribution in [0.15, 0.2) is 165 Å². The van der Waals surface area contributed by atoms with Crippen molar-refractivity contribution < 1.29 is 0 Å². The summed E-state index contributed by atoms with van der Waals surface area (Å²) < 4.78 is 0. The molecular weight excluding hydrogens is 870 g/mol. The highest BCUT2D eigenvalue weighted by Crippen LogP contribution is 2.53. The first-order valence-electron chi connectivity index (χ1n) is 26.0. The van der Waals surface area contributed by atoms with E-state index in [9.17, 15) is 0 Å². The molecule has 8 aromatic rings. The Balaban J connectivity index is 1.29. The van der Waals surface area contributed by atoms with Crippen LogP contribution in [0.1, 0.15) is 111 Å². The molecule has 2 aliphatic heterocycles. The number of rotatable bonds is 8. The van der Waals surface area contributed by atoms with Gasteiger partial charge in [0, 0.05) is 39.7 Å². The maximum Gasteiger partial charge on any atom is 0.252 e. The lowest BCUT2D eigenvalue weighted by atomic mass is 9.33. The Morgan fingerprint density at radius 3 is 1.58 bits per heavy atom. The summed E-state index contributed by atoms with van der Waals surface area (Å²) in [5.74, 6) is 0. The van der Waals surface area contributed by atoms with Gasteiger partial charge in [-0.15, -0.1) is 0 Å². The van der Waals surface area contributed by atoms with Crippen LogP contribution in [-0.2, 0) is 16.2 Å². The van der Waals surface area contributed by atoms with Crippen molar-refractivity contribution in [1.29, 1.82) is 0 Å². The van der Waals surface area contributed by atoms with Crippen molar-refractivity contribution in [2.24, 2.45) is 0 Å². The third-order valence-electron chi connectivity index (χ3n) is 16.5.